The molecule has 0 fully saturated rings. The normalized spacial score (nSPS) is 15.2. The smallest absolute Gasteiger partial charge is 0.422 e. The van der Waals surface area contributed by atoms with Crippen LogP contribution in [0.2, 0.25) is 0 Å². The molecule has 1 aliphatic heterocycles. The molecular formula is C24H20F5N3O4. The van der Waals surface area contributed by atoms with Crippen molar-refractivity contribution in [2.24, 2.45) is 0 Å². The summed E-state index contributed by atoms with van der Waals surface area (Å²) >= 11 is 0. The van der Waals surface area contributed by atoms with E-state index in [4.69, 9.17) is 4.74 Å². The maximum absolute atomic E-state index is 14.2. The average molecular weight is 509 g/mol. The molecule has 7 nitrogen and oxygen atoms in total. The minimum atomic E-state index is -4.78. The van der Waals surface area contributed by atoms with E-state index in [0.29, 0.717) is 23.6 Å². The number of anilines is 3. The predicted octanol–water partition coefficient (Wildman–Crippen LogP) is 4.75. The fourth-order valence-electron chi connectivity index (χ4n) is 3.67. The van der Waals surface area contributed by atoms with Gasteiger partial charge in [0.05, 0.1) is 23.9 Å². The van der Waals surface area contributed by atoms with E-state index in [0.717, 1.165) is 5.56 Å². The van der Waals surface area contributed by atoms with Crippen LogP contribution in [0.25, 0.3) is 0 Å². The molecule has 1 aromatic heterocycles. The van der Waals surface area contributed by atoms with E-state index in [-0.39, 0.29) is 30.2 Å². The molecule has 1 amide bonds. The Morgan fingerprint density at radius 1 is 1.22 bits per heavy atom. The predicted molar refractivity (Wildman–Crippen MR) is 120 cm³/mol. The number of nitrogens with zero attached hydrogens (tertiary/aromatic N) is 2. The lowest BCUT2D eigenvalue weighted by Gasteiger charge is -2.37. The Morgan fingerprint density at radius 3 is 2.56 bits per heavy atom. The van der Waals surface area contributed by atoms with E-state index >= 15 is 0 Å². The number of hydrogen-bond donors (Lipinski definition) is 2. The number of carbonyl (C=O) groups excluding carboxylic acids is 1. The zero-order valence-electron chi connectivity index (χ0n) is 18.8. The second-order valence-corrected chi connectivity index (χ2v) is 7.99. The Morgan fingerprint density at radius 2 is 1.94 bits per heavy atom. The Kier molecular flexibility index (Phi) is 6.97. The summed E-state index contributed by atoms with van der Waals surface area (Å²) < 4.78 is 75.3. The molecule has 36 heavy (non-hydrogen) atoms. The van der Waals surface area contributed by atoms with Crippen LogP contribution in [-0.2, 0) is 0 Å². The first-order valence-corrected chi connectivity index (χ1v) is 10.7. The number of hydrogen-bond acceptors (Lipinski definition) is 6. The number of carbonyl (C=O) groups is 1. The van der Waals surface area contributed by atoms with E-state index in [1.807, 2.05) is 13.0 Å². The molecule has 1 atom stereocenters. The van der Waals surface area contributed by atoms with Crippen LogP contribution >= 0.6 is 0 Å². The van der Waals surface area contributed by atoms with Crippen LogP contribution in [0, 0.1) is 18.6 Å². The SMILES string of the molecule is Cc1ccc(N2c3cccc(C(=O)Nc4cc(F)c(OCC(F)(F)F)c(F)c4)c3OC[C@@H]2CO)nc1. The minimum Gasteiger partial charge on any atom is -0.488 e. The molecule has 2 heterocycles. The van der Waals surface area contributed by atoms with Gasteiger partial charge in [-0.2, -0.15) is 13.2 Å². The zero-order valence-corrected chi connectivity index (χ0v) is 18.8. The molecule has 0 spiro atoms. The van der Waals surface area contributed by atoms with Crippen molar-refractivity contribution in [2.75, 3.05) is 30.0 Å². The first kappa shape index (κ1) is 25.2. The average Bonchev–Trinajstić information content (AvgIpc) is 2.82. The minimum absolute atomic E-state index is 0.0256. The van der Waals surface area contributed by atoms with Crippen LogP contribution in [0.15, 0.2) is 48.7 Å². The van der Waals surface area contributed by atoms with E-state index in [1.165, 1.54) is 6.07 Å². The van der Waals surface area contributed by atoms with Crippen molar-refractivity contribution in [3.8, 4) is 11.5 Å². The fraction of sp³-hybridized carbons (Fsp3) is 0.250. The number of para-hydroxylation sites is 1. The van der Waals surface area contributed by atoms with Gasteiger partial charge in [0.25, 0.3) is 5.91 Å². The van der Waals surface area contributed by atoms with Crippen LogP contribution in [-0.4, -0.2) is 48.0 Å². The molecule has 0 saturated heterocycles. The van der Waals surface area contributed by atoms with Gasteiger partial charge < -0.3 is 24.8 Å². The van der Waals surface area contributed by atoms with E-state index in [2.05, 4.69) is 15.0 Å². The van der Waals surface area contributed by atoms with Crippen molar-refractivity contribution in [3.05, 3.63) is 71.4 Å². The van der Waals surface area contributed by atoms with Gasteiger partial charge in [0.2, 0.25) is 0 Å². The molecule has 4 rings (SSSR count). The monoisotopic (exact) mass is 509 g/mol. The number of ether oxygens (including phenoxy) is 2. The Hall–Kier alpha value is -3.93. The number of aliphatic hydroxyl groups excluding tert-OH is 1. The lowest BCUT2D eigenvalue weighted by atomic mass is 10.1. The van der Waals surface area contributed by atoms with Crippen LogP contribution < -0.4 is 19.7 Å². The van der Waals surface area contributed by atoms with Gasteiger partial charge in [0, 0.05) is 24.0 Å². The number of aliphatic hydroxyl groups is 1. The number of pyridine rings is 1. The summed E-state index contributed by atoms with van der Waals surface area (Å²) in [6, 6.07) is 9.07. The number of nitrogens with one attached hydrogen (secondary N) is 1. The van der Waals surface area contributed by atoms with Gasteiger partial charge in [0.15, 0.2) is 29.7 Å². The highest BCUT2D eigenvalue weighted by Gasteiger charge is 2.33. The van der Waals surface area contributed by atoms with E-state index < -0.39 is 42.1 Å². The summed E-state index contributed by atoms with van der Waals surface area (Å²) in [5, 5.41) is 12.2. The number of halogens is 5. The quantitative estimate of drug-likeness (QED) is 0.467. The van der Waals surface area contributed by atoms with Crippen molar-refractivity contribution in [3.63, 3.8) is 0 Å². The van der Waals surface area contributed by atoms with Gasteiger partial charge in [0.1, 0.15) is 12.4 Å². The molecule has 0 bridgehead atoms. The zero-order chi connectivity index (χ0) is 26.0. The standard InChI is InChI=1S/C24H20F5N3O4/c1-13-5-6-20(30-9-13)32-15(10-33)11-35-21-16(3-2-4-19(21)32)23(34)31-14-7-17(25)22(18(26)8-14)36-12-24(27,28)29/h2-9,15,33H,10-12H2,1H3,(H,31,34)/t15-/m0/s1. The molecule has 3 aromatic rings. The summed E-state index contributed by atoms with van der Waals surface area (Å²) in [5.41, 5.74) is 1.06. The molecule has 2 aromatic carbocycles. The van der Waals surface area contributed by atoms with Gasteiger partial charge in [-0.1, -0.05) is 12.1 Å². The molecule has 12 heteroatoms. The van der Waals surface area contributed by atoms with Crippen molar-refractivity contribution >= 4 is 23.1 Å². The maximum Gasteiger partial charge on any atom is 0.422 e. The highest BCUT2D eigenvalue weighted by atomic mass is 19.4. The molecule has 0 unspecified atom stereocenters. The fourth-order valence-corrected chi connectivity index (χ4v) is 3.67. The third-order valence-corrected chi connectivity index (χ3v) is 5.27. The Balaban J connectivity index is 1.62. The van der Waals surface area contributed by atoms with Crippen molar-refractivity contribution in [2.45, 2.75) is 19.1 Å². The highest BCUT2D eigenvalue weighted by Crippen LogP contribution is 2.41. The lowest BCUT2D eigenvalue weighted by Crippen LogP contribution is -2.43. The highest BCUT2D eigenvalue weighted by molar-refractivity contribution is 6.07. The van der Waals surface area contributed by atoms with Gasteiger partial charge in [-0.3, -0.25) is 4.79 Å². The summed E-state index contributed by atoms with van der Waals surface area (Å²) in [6.07, 6.45) is -3.13. The maximum atomic E-state index is 14.2. The first-order chi connectivity index (χ1) is 17.1. The van der Waals surface area contributed by atoms with Gasteiger partial charge >= 0.3 is 6.18 Å². The molecule has 2 N–H and O–H groups in total. The van der Waals surface area contributed by atoms with Gasteiger partial charge in [-0.05, 0) is 30.7 Å². The molecule has 190 valence electrons. The van der Waals surface area contributed by atoms with Crippen molar-refractivity contribution < 1.29 is 41.3 Å². The van der Waals surface area contributed by atoms with Crippen LogP contribution in [0.1, 0.15) is 15.9 Å². The second-order valence-electron chi connectivity index (χ2n) is 7.99. The topological polar surface area (TPSA) is 83.9 Å². The molecular weight excluding hydrogens is 489 g/mol. The number of aromatic nitrogens is 1. The number of rotatable bonds is 6. The van der Waals surface area contributed by atoms with Crippen LogP contribution in [0.4, 0.5) is 39.1 Å². The molecule has 1 aliphatic rings. The summed E-state index contributed by atoms with van der Waals surface area (Å²) in [7, 11) is 0. The Labute approximate surface area is 202 Å². The van der Waals surface area contributed by atoms with Gasteiger partial charge in [-0.15, -0.1) is 0 Å². The van der Waals surface area contributed by atoms with Crippen molar-refractivity contribution in [1.82, 2.24) is 4.98 Å². The van der Waals surface area contributed by atoms with E-state index in [1.54, 1.807) is 29.3 Å². The van der Waals surface area contributed by atoms with Crippen LogP contribution in [0.3, 0.4) is 0 Å². The van der Waals surface area contributed by atoms with E-state index in [9.17, 15) is 31.9 Å². The Bertz CT molecular complexity index is 1240. The summed E-state index contributed by atoms with van der Waals surface area (Å²) in [5.74, 6) is -4.14. The molecule has 0 radical (unpaired) electrons. The van der Waals surface area contributed by atoms with Crippen LogP contribution in [0.5, 0.6) is 11.5 Å². The third-order valence-electron chi connectivity index (χ3n) is 5.27. The largest absolute Gasteiger partial charge is 0.488 e. The molecule has 0 saturated carbocycles. The first-order valence-electron chi connectivity index (χ1n) is 10.7. The number of aryl methyl sites for hydroxylation is 1. The van der Waals surface area contributed by atoms with Crippen molar-refractivity contribution in [1.29, 1.82) is 0 Å². The summed E-state index contributed by atoms with van der Waals surface area (Å²) in [6.45, 7) is -0.234. The van der Waals surface area contributed by atoms with Gasteiger partial charge in [-0.25, -0.2) is 13.8 Å². The summed E-state index contributed by atoms with van der Waals surface area (Å²) in [4.78, 5) is 19.1. The lowest BCUT2D eigenvalue weighted by molar-refractivity contribution is -0.154. The second kappa shape index (κ2) is 9.97. The third kappa shape index (κ3) is 5.33. The number of benzene rings is 2. The number of amides is 1. The molecule has 0 aliphatic carbocycles. The number of fused-ring (bicyclic) bond motifs is 1. The number of alkyl halides is 3.